The van der Waals surface area contributed by atoms with Gasteiger partial charge < -0.3 is 5.32 Å². The summed E-state index contributed by atoms with van der Waals surface area (Å²) in [5.41, 5.74) is 2.09. The van der Waals surface area contributed by atoms with Crippen LogP contribution in [0.2, 0.25) is 0 Å². The maximum Gasteiger partial charge on any atom is 0.223 e. The van der Waals surface area contributed by atoms with Gasteiger partial charge in [-0.3, -0.25) is 9.78 Å². The van der Waals surface area contributed by atoms with Gasteiger partial charge in [0.1, 0.15) is 0 Å². The average Bonchev–Trinajstić information content (AvgIpc) is 2.95. The number of carbonyl (C=O) groups excluding carboxylic acids is 1. The number of amides is 1. The first-order chi connectivity index (χ1) is 8.22. The number of hydrogen-bond acceptors (Lipinski definition) is 2. The second kappa shape index (κ2) is 4.13. The van der Waals surface area contributed by atoms with E-state index in [1.54, 1.807) is 0 Å². The van der Waals surface area contributed by atoms with E-state index in [9.17, 15) is 4.79 Å². The lowest BCUT2D eigenvalue weighted by atomic mass is 10.0. The quantitative estimate of drug-likeness (QED) is 0.863. The molecule has 3 heteroatoms. The minimum absolute atomic E-state index is 0.234. The van der Waals surface area contributed by atoms with Gasteiger partial charge in [-0.1, -0.05) is 6.07 Å². The van der Waals surface area contributed by atoms with Crippen molar-refractivity contribution in [3.05, 3.63) is 29.6 Å². The first-order valence-corrected chi connectivity index (χ1v) is 6.41. The summed E-state index contributed by atoms with van der Waals surface area (Å²) < 4.78 is 0. The second-order valence-electron chi connectivity index (χ2n) is 5.45. The molecule has 2 aliphatic carbocycles. The Hall–Kier alpha value is -1.38. The number of fused-ring (bicyclic) bond motifs is 1. The van der Waals surface area contributed by atoms with Gasteiger partial charge in [-0.2, -0.15) is 0 Å². The summed E-state index contributed by atoms with van der Waals surface area (Å²) in [7, 11) is 0. The normalized spacial score (nSPS) is 29.8. The van der Waals surface area contributed by atoms with Crippen LogP contribution in [0.25, 0.3) is 0 Å². The van der Waals surface area contributed by atoms with E-state index in [-0.39, 0.29) is 11.8 Å². The van der Waals surface area contributed by atoms with Crippen LogP contribution in [0, 0.1) is 24.7 Å². The lowest BCUT2D eigenvalue weighted by Gasteiger charge is -2.12. The van der Waals surface area contributed by atoms with Gasteiger partial charge in [0.15, 0.2) is 0 Å². The molecule has 0 aromatic carbocycles. The van der Waals surface area contributed by atoms with Crippen LogP contribution in [-0.4, -0.2) is 10.9 Å². The highest BCUT2D eigenvalue weighted by atomic mass is 16.1. The SMILES string of the molecule is Cc1ccc(CNC(=O)C2CC3CC3C2)cn1. The van der Waals surface area contributed by atoms with Crippen molar-refractivity contribution in [2.24, 2.45) is 17.8 Å². The van der Waals surface area contributed by atoms with Crippen LogP contribution in [0.1, 0.15) is 30.5 Å². The predicted octanol–water partition coefficient (Wildman–Crippen LogP) is 2.05. The van der Waals surface area contributed by atoms with E-state index in [2.05, 4.69) is 10.3 Å². The smallest absolute Gasteiger partial charge is 0.223 e. The number of aromatic nitrogens is 1. The van der Waals surface area contributed by atoms with Gasteiger partial charge in [-0.25, -0.2) is 0 Å². The molecule has 2 atom stereocenters. The molecule has 1 aromatic heterocycles. The highest BCUT2D eigenvalue weighted by Crippen LogP contribution is 2.54. The summed E-state index contributed by atoms with van der Waals surface area (Å²) in [5, 5.41) is 3.02. The number of aryl methyl sites for hydroxylation is 1. The summed E-state index contributed by atoms with van der Waals surface area (Å²) in [6, 6.07) is 4.00. The monoisotopic (exact) mass is 230 g/mol. The first kappa shape index (κ1) is 10.8. The molecule has 1 aromatic rings. The Kier molecular flexibility index (Phi) is 2.61. The van der Waals surface area contributed by atoms with Gasteiger partial charge in [0.05, 0.1) is 0 Å². The number of nitrogens with one attached hydrogen (secondary N) is 1. The van der Waals surface area contributed by atoms with Gasteiger partial charge in [0.25, 0.3) is 0 Å². The zero-order valence-electron chi connectivity index (χ0n) is 10.1. The van der Waals surface area contributed by atoms with Crippen molar-refractivity contribution >= 4 is 5.91 Å². The Balaban J connectivity index is 1.50. The maximum absolute atomic E-state index is 11.9. The topological polar surface area (TPSA) is 42.0 Å². The van der Waals surface area contributed by atoms with E-state index in [1.807, 2.05) is 25.3 Å². The molecule has 1 amide bonds. The van der Waals surface area contributed by atoms with Gasteiger partial charge in [-0.05, 0) is 49.7 Å². The lowest BCUT2D eigenvalue weighted by molar-refractivity contribution is -0.125. The molecule has 2 unspecified atom stereocenters. The van der Waals surface area contributed by atoms with E-state index in [4.69, 9.17) is 0 Å². The molecule has 2 aliphatic rings. The van der Waals surface area contributed by atoms with Crippen LogP contribution in [0.4, 0.5) is 0 Å². The lowest BCUT2D eigenvalue weighted by Crippen LogP contribution is -2.29. The highest BCUT2D eigenvalue weighted by Gasteiger charge is 2.47. The van der Waals surface area contributed by atoms with Crippen LogP contribution in [0.15, 0.2) is 18.3 Å². The third-order valence-corrected chi connectivity index (χ3v) is 4.05. The van der Waals surface area contributed by atoms with Crippen molar-refractivity contribution < 1.29 is 4.79 Å². The minimum Gasteiger partial charge on any atom is -0.352 e. The molecular formula is C14H18N2O. The second-order valence-corrected chi connectivity index (χ2v) is 5.45. The summed E-state index contributed by atoms with van der Waals surface area (Å²) in [6.45, 7) is 2.57. The van der Waals surface area contributed by atoms with E-state index in [0.717, 1.165) is 35.9 Å². The molecule has 17 heavy (non-hydrogen) atoms. The van der Waals surface area contributed by atoms with Gasteiger partial charge >= 0.3 is 0 Å². The third-order valence-electron chi connectivity index (χ3n) is 4.05. The van der Waals surface area contributed by atoms with Crippen molar-refractivity contribution in [2.45, 2.75) is 32.7 Å². The van der Waals surface area contributed by atoms with Gasteiger partial charge in [0.2, 0.25) is 5.91 Å². The average molecular weight is 230 g/mol. The summed E-state index contributed by atoms with van der Waals surface area (Å²) >= 11 is 0. The fourth-order valence-electron chi connectivity index (χ4n) is 2.87. The zero-order valence-corrected chi connectivity index (χ0v) is 10.1. The standard InChI is InChI=1S/C14H18N2O/c1-9-2-3-10(7-15-9)8-16-14(17)13-5-11-4-12(11)6-13/h2-3,7,11-13H,4-6,8H2,1H3,(H,16,17). The van der Waals surface area contributed by atoms with Crippen molar-refractivity contribution in [1.29, 1.82) is 0 Å². The third kappa shape index (κ3) is 2.33. The van der Waals surface area contributed by atoms with Crippen LogP contribution in [0.3, 0.4) is 0 Å². The van der Waals surface area contributed by atoms with E-state index >= 15 is 0 Å². The first-order valence-electron chi connectivity index (χ1n) is 6.41. The fourth-order valence-corrected chi connectivity index (χ4v) is 2.87. The molecule has 90 valence electrons. The molecule has 3 rings (SSSR count). The van der Waals surface area contributed by atoms with Crippen molar-refractivity contribution in [3.8, 4) is 0 Å². The Labute approximate surface area is 102 Å². The number of rotatable bonds is 3. The van der Waals surface area contributed by atoms with Crippen LogP contribution < -0.4 is 5.32 Å². The summed E-state index contributed by atoms with van der Waals surface area (Å²) in [4.78, 5) is 16.1. The van der Waals surface area contributed by atoms with Crippen molar-refractivity contribution in [2.75, 3.05) is 0 Å². The maximum atomic E-state index is 11.9. The van der Waals surface area contributed by atoms with Gasteiger partial charge in [-0.15, -0.1) is 0 Å². The molecule has 0 aliphatic heterocycles. The Morgan fingerprint density at radius 2 is 2.12 bits per heavy atom. The number of hydrogen-bond donors (Lipinski definition) is 1. The number of nitrogens with zero attached hydrogens (tertiary/aromatic N) is 1. The molecular weight excluding hydrogens is 212 g/mol. The summed E-state index contributed by atoms with van der Waals surface area (Å²) in [5.74, 6) is 2.24. The molecule has 2 fully saturated rings. The highest BCUT2D eigenvalue weighted by molar-refractivity contribution is 5.79. The predicted molar refractivity (Wildman–Crippen MR) is 65.1 cm³/mol. The van der Waals surface area contributed by atoms with E-state index < -0.39 is 0 Å². The molecule has 0 bridgehead atoms. The largest absolute Gasteiger partial charge is 0.352 e. The van der Waals surface area contributed by atoms with E-state index in [1.165, 1.54) is 6.42 Å². The Bertz CT molecular complexity index is 416. The van der Waals surface area contributed by atoms with Gasteiger partial charge in [0, 0.05) is 24.4 Å². The van der Waals surface area contributed by atoms with Crippen LogP contribution in [0.5, 0.6) is 0 Å². The molecule has 0 spiro atoms. The molecule has 0 radical (unpaired) electrons. The molecule has 1 N–H and O–H groups in total. The van der Waals surface area contributed by atoms with Crippen LogP contribution >= 0.6 is 0 Å². The Morgan fingerprint density at radius 1 is 1.35 bits per heavy atom. The molecule has 3 nitrogen and oxygen atoms in total. The summed E-state index contributed by atoms with van der Waals surface area (Å²) in [6.07, 6.45) is 5.43. The number of carbonyl (C=O) groups is 1. The zero-order chi connectivity index (χ0) is 11.8. The molecule has 2 saturated carbocycles. The van der Waals surface area contributed by atoms with Crippen LogP contribution in [-0.2, 0) is 11.3 Å². The molecule has 1 heterocycles. The number of pyridine rings is 1. The van der Waals surface area contributed by atoms with Crippen molar-refractivity contribution in [3.63, 3.8) is 0 Å². The van der Waals surface area contributed by atoms with E-state index in [0.29, 0.717) is 6.54 Å². The Morgan fingerprint density at radius 3 is 2.76 bits per heavy atom. The van der Waals surface area contributed by atoms with Crippen molar-refractivity contribution in [1.82, 2.24) is 10.3 Å². The minimum atomic E-state index is 0.234. The fraction of sp³-hybridized carbons (Fsp3) is 0.571. The molecule has 0 saturated heterocycles.